The number of Topliss-reactive ketones (excluding diaryl/α,β-unsaturated/α-hetero) is 1. The number of nitrogens with one attached hydrogen (secondary N) is 2. The molecule has 1 aromatic heterocycles. The van der Waals surface area contributed by atoms with E-state index in [0.717, 1.165) is 5.69 Å². The second-order valence-corrected chi connectivity index (χ2v) is 6.21. The Balaban J connectivity index is 1.66. The van der Waals surface area contributed by atoms with E-state index in [0.29, 0.717) is 34.1 Å². The number of anilines is 3. The van der Waals surface area contributed by atoms with Crippen LogP contribution in [0.15, 0.2) is 60.8 Å². The van der Waals surface area contributed by atoms with Crippen LogP contribution in [0, 0.1) is 0 Å². The van der Waals surface area contributed by atoms with Gasteiger partial charge in [-0.25, -0.2) is 4.98 Å². The van der Waals surface area contributed by atoms with Gasteiger partial charge in [0.05, 0.1) is 19.8 Å². The highest BCUT2D eigenvalue weighted by molar-refractivity contribution is 6.04. The highest BCUT2D eigenvalue weighted by atomic mass is 16.5. The Morgan fingerprint density at radius 3 is 2.07 bits per heavy atom. The van der Waals surface area contributed by atoms with Gasteiger partial charge in [-0.3, -0.25) is 9.59 Å². The number of ketones is 1. The molecule has 148 valence electrons. The van der Waals surface area contributed by atoms with E-state index in [1.807, 2.05) is 6.07 Å². The van der Waals surface area contributed by atoms with Crippen LogP contribution < -0.4 is 20.1 Å². The third-order valence-corrected chi connectivity index (χ3v) is 4.23. The van der Waals surface area contributed by atoms with Crippen molar-refractivity contribution in [1.82, 2.24) is 4.98 Å². The summed E-state index contributed by atoms with van der Waals surface area (Å²) in [7, 11) is 3.15. The number of amides is 1. The van der Waals surface area contributed by atoms with Crippen LogP contribution in [0.25, 0.3) is 0 Å². The average Bonchev–Trinajstić information content (AvgIpc) is 2.74. The van der Waals surface area contributed by atoms with Crippen molar-refractivity contribution in [1.29, 1.82) is 0 Å². The quantitative estimate of drug-likeness (QED) is 0.584. The molecule has 0 saturated heterocycles. The maximum absolute atomic E-state index is 12.4. The second kappa shape index (κ2) is 8.88. The van der Waals surface area contributed by atoms with Crippen molar-refractivity contribution in [2.24, 2.45) is 0 Å². The first kappa shape index (κ1) is 19.9. The number of rotatable bonds is 7. The minimum Gasteiger partial charge on any atom is -0.493 e. The average molecular weight is 391 g/mol. The van der Waals surface area contributed by atoms with Crippen LogP contribution in [0.4, 0.5) is 17.2 Å². The predicted molar refractivity (Wildman–Crippen MR) is 111 cm³/mol. The maximum Gasteiger partial charge on any atom is 0.257 e. The number of pyridine rings is 1. The van der Waals surface area contributed by atoms with Gasteiger partial charge in [-0.05, 0) is 55.5 Å². The molecule has 3 rings (SSSR count). The summed E-state index contributed by atoms with van der Waals surface area (Å²) in [5.41, 5.74) is 2.39. The fraction of sp³-hybridized carbons (Fsp3) is 0.136. The highest BCUT2D eigenvalue weighted by Crippen LogP contribution is 2.30. The third kappa shape index (κ3) is 4.90. The van der Waals surface area contributed by atoms with Crippen LogP contribution in [0.3, 0.4) is 0 Å². The summed E-state index contributed by atoms with van der Waals surface area (Å²) in [6.07, 6.45) is 1.49. The molecule has 0 atom stereocenters. The van der Waals surface area contributed by atoms with Gasteiger partial charge >= 0.3 is 0 Å². The molecule has 0 unspecified atom stereocenters. The van der Waals surface area contributed by atoms with E-state index in [2.05, 4.69) is 15.6 Å². The van der Waals surface area contributed by atoms with Gasteiger partial charge in [0.25, 0.3) is 5.91 Å². The lowest BCUT2D eigenvalue weighted by molar-refractivity contribution is 0.101. The molecule has 0 aliphatic heterocycles. The molecule has 2 N–H and O–H groups in total. The molecule has 7 heteroatoms. The Morgan fingerprint density at radius 1 is 0.828 bits per heavy atom. The second-order valence-electron chi connectivity index (χ2n) is 6.21. The molecule has 3 aromatic rings. The maximum atomic E-state index is 12.4. The fourth-order valence-electron chi connectivity index (χ4n) is 2.66. The summed E-state index contributed by atoms with van der Waals surface area (Å²) in [6.45, 7) is 1.50. The minimum absolute atomic E-state index is 0.0235. The van der Waals surface area contributed by atoms with Crippen molar-refractivity contribution in [3.63, 3.8) is 0 Å². The van der Waals surface area contributed by atoms with Gasteiger partial charge in [-0.1, -0.05) is 0 Å². The number of hydrogen-bond acceptors (Lipinski definition) is 6. The van der Waals surface area contributed by atoms with Crippen molar-refractivity contribution in [3.05, 3.63) is 71.9 Å². The van der Waals surface area contributed by atoms with E-state index in [1.165, 1.54) is 13.1 Å². The molecule has 0 saturated carbocycles. The van der Waals surface area contributed by atoms with Gasteiger partial charge in [-0.15, -0.1) is 0 Å². The van der Waals surface area contributed by atoms with Gasteiger partial charge in [0.15, 0.2) is 17.3 Å². The Labute approximate surface area is 168 Å². The van der Waals surface area contributed by atoms with Crippen molar-refractivity contribution in [2.75, 3.05) is 24.9 Å². The number of carbonyl (C=O) groups is 2. The first-order chi connectivity index (χ1) is 14.0. The van der Waals surface area contributed by atoms with E-state index in [-0.39, 0.29) is 11.7 Å². The van der Waals surface area contributed by atoms with Crippen molar-refractivity contribution in [3.8, 4) is 11.5 Å². The van der Waals surface area contributed by atoms with Crippen molar-refractivity contribution < 1.29 is 19.1 Å². The van der Waals surface area contributed by atoms with E-state index >= 15 is 0 Å². The van der Waals surface area contributed by atoms with Crippen LogP contribution in [0.5, 0.6) is 11.5 Å². The minimum atomic E-state index is -0.286. The number of methoxy groups -OCH3 is 2. The van der Waals surface area contributed by atoms with Gasteiger partial charge in [0.2, 0.25) is 0 Å². The van der Waals surface area contributed by atoms with E-state index in [1.54, 1.807) is 62.8 Å². The summed E-state index contributed by atoms with van der Waals surface area (Å²) in [4.78, 5) is 28.0. The molecule has 0 bridgehead atoms. The molecule has 29 heavy (non-hydrogen) atoms. The van der Waals surface area contributed by atoms with Gasteiger partial charge in [0.1, 0.15) is 5.82 Å². The smallest absolute Gasteiger partial charge is 0.257 e. The van der Waals surface area contributed by atoms with E-state index in [4.69, 9.17) is 9.47 Å². The zero-order valence-corrected chi connectivity index (χ0v) is 16.4. The molecule has 2 aromatic carbocycles. The lowest BCUT2D eigenvalue weighted by Gasteiger charge is -2.11. The number of ether oxygens (including phenoxy) is 2. The molecule has 0 aliphatic rings. The lowest BCUT2D eigenvalue weighted by Crippen LogP contribution is -2.12. The van der Waals surface area contributed by atoms with Crippen LogP contribution in [0.1, 0.15) is 27.6 Å². The molecular weight excluding hydrogens is 370 g/mol. The Kier molecular flexibility index (Phi) is 6.09. The highest BCUT2D eigenvalue weighted by Gasteiger charge is 2.09. The summed E-state index contributed by atoms with van der Waals surface area (Å²) in [5, 5.41) is 5.93. The monoisotopic (exact) mass is 391 g/mol. The molecule has 0 spiro atoms. The molecule has 1 amide bonds. The first-order valence-electron chi connectivity index (χ1n) is 8.87. The Morgan fingerprint density at radius 2 is 1.48 bits per heavy atom. The van der Waals surface area contributed by atoms with Crippen molar-refractivity contribution >= 4 is 28.9 Å². The third-order valence-electron chi connectivity index (χ3n) is 4.23. The molecule has 0 radical (unpaired) electrons. The summed E-state index contributed by atoms with van der Waals surface area (Å²) < 4.78 is 10.5. The molecule has 0 fully saturated rings. The predicted octanol–water partition coefficient (Wildman–Crippen LogP) is 4.30. The van der Waals surface area contributed by atoms with E-state index < -0.39 is 0 Å². The van der Waals surface area contributed by atoms with Gasteiger partial charge in [-0.2, -0.15) is 0 Å². The largest absolute Gasteiger partial charge is 0.493 e. The number of nitrogens with zero attached hydrogens (tertiary/aromatic N) is 1. The Hall–Kier alpha value is -3.87. The standard InChI is InChI=1S/C22H21N3O4/c1-14(26)15-4-7-17(8-5-15)25-22(27)16-6-11-21(23-13-16)24-18-9-10-19(28-2)20(12-18)29-3/h4-13H,1-3H3,(H,23,24)(H,25,27). The van der Waals surface area contributed by atoms with Crippen LogP contribution in [0.2, 0.25) is 0 Å². The molecular formula is C22H21N3O4. The lowest BCUT2D eigenvalue weighted by atomic mass is 10.1. The number of benzene rings is 2. The van der Waals surface area contributed by atoms with Crippen LogP contribution >= 0.6 is 0 Å². The fourth-order valence-corrected chi connectivity index (χ4v) is 2.66. The van der Waals surface area contributed by atoms with Gasteiger partial charge in [0, 0.05) is 29.2 Å². The summed E-state index contributed by atoms with van der Waals surface area (Å²) in [6, 6.07) is 15.5. The summed E-state index contributed by atoms with van der Waals surface area (Å²) >= 11 is 0. The van der Waals surface area contributed by atoms with E-state index in [9.17, 15) is 9.59 Å². The normalized spacial score (nSPS) is 10.2. The number of carbonyl (C=O) groups excluding carboxylic acids is 2. The first-order valence-corrected chi connectivity index (χ1v) is 8.87. The zero-order chi connectivity index (χ0) is 20.8. The van der Waals surface area contributed by atoms with Crippen LogP contribution in [-0.4, -0.2) is 30.9 Å². The molecule has 0 aliphatic carbocycles. The summed E-state index contributed by atoms with van der Waals surface area (Å²) in [5.74, 6) is 1.51. The van der Waals surface area contributed by atoms with Crippen LogP contribution in [-0.2, 0) is 0 Å². The Bertz CT molecular complexity index is 1020. The van der Waals surface area contributed by atoms with Crippen molar-refractivity contribution in [2.45, 2.75) is 6.92 Å². The topological polar surface area (TPSA) is 89.6 Å². The zero-order valence-electron chi connectivity index (χ0n) is 16.4. The SMILES string of the molecule is COc1ccc(Nc2ccc(C(=O)Nc3ccc(C(C)=O)cc3)cn2)cc1OC. The van der Waals surface area contributed by atoms with Gasteiger partial charge < -0.3 is 20.1 Å². The number of aromatic nitrogens is 1. The molecule has 1 heterocycles. The number of hydrogen-bond donors (Lipinski definition) is 2. The molecule has 7 nitrogen and oxygen atoms in total.